The molecule has 2 aromatic carbocycles. The van der Waals surface area contributed by atoms with Gasteiger partial charge in [0.15, 0.2) is 0 Å². The minimum absolute atomic E-state index is 0.796. The van der Waals surface area contributed by atoms with Crippen molar-refractivity contribution in [1.29, 1.82) is 0 Å². The quantitative estimate of drug-likeness (QED) is 0.565. The van der Waals surface area contributed by atoms with Crippen molar-refractivity contribution in [3.8, 4) is 23.0 Å². The number of hydrogen-bond donors (Lipinski definition) is 0. The molecule has 0 fully saturated rings. The van der Waals surface area contributed by atoms with Crippen LogP contribution in [0.2, 0.25) is 0 Å². The van der Waals surface area contributed by atoms with Crippen LogP contribution in [0, 0.1) is 0 Å². The molecule has 2 aliphatic heterocycles. The number of rotatable bonds is 0. The molecule has 18 heavy (non-hydrogen) atoms. The van der Waals surface area contributed by atoms with Crippen molar-refractivity contribution in [3.05, 3.63) is 48.5 Å². The third-order valence-electron chi connectivity index (χ3n) is 2.24. The molecule has 2 radical (unpaired) electrons. The zero-order chi connectivity index (χ0) is 12.2. The molecule has 4 nitrogen and oxygen atoms in total. The van der Waals surface area contributed by atoms with E-state index in [9.17, 15) is 0 Å². The Hall–Kier alpha value is -0.724. The predicted molar refractivity (Wildman–Crippen MR) is 66.9 cm³/mol. The Morgan fingerprint density at radius 3 is 1.06 bits per heavy atom. The first-order valence-electron chi connectivity index (χ1n) is 5.20. The van der Waals surface area contributed by atoms with Crippen molar-refractivity contribution in [1.82, 2.24) is 0 Å². The van der Waals surface area contributed by atoms with Gasteiger partial charge in [0.25, 0.3) is 0 Å². The molecule has 0 unspecified atom stereocenters. The molecule has 0 aromatic heterocycles. The SMILES string of the molecule is c1ccc2c(c1)[O][Sb][O]2.c1ccc2c(c1)[O][Sb][O]2. The summed E-state index contributed by atoms with van der Waals surface area (Å²) in [6, 6.07) is 15.5. The molecule has 2 aliphatic rings. The Bertz CT molecular complexity index is 452. The second kappa shape index (κ2) is 5.95. The summed E-state index contributed by atoms with van der Waals surface area (Å²) < 4.78 is 20.9. The van der Waals surface area contributed by atoms with Gasteiger partial charge in [-0.1, -0.05) is 0 Å². The molecule has 0 bridgehead atoms. The molecule has 4 rings (SSSR count). The van der Waals surface area contributed by atoms with Crippen molar-refractivity contribution in [2.75, 3.05) is 0 Å². The molecule has 0 spiro atoms. The Balaban J connectivity index is 0.000000111. The summed E-state index contributed by atoms with van der Waals surface area (Å²) in [7, 11) is 0. The van der Waals surface area contributed by atoms with E-state index in [1.807, 2.05) is 48.5 Å². The summed E-state index contributed by atoms with van der Waals surface area (Å²) in [5, 5.41) is 0. The van der Waals surface area contributed by atoms with Crippen LogP contribution >= 0.6 is 0 Å². The second-order valence-corrected chi connectivity index (χ2v) is 6.34. The van der Waals surface area contributed by atoms with Gasteiger partial charge in [-0.05, 0) is 0 Å². The standard InChI is InChI=1S/2C6H6O2.2Sb/c2*7-5-3-1-2-4-6(5)8;;/h2*1-4,7-8H;;/q;;2*+2/p-4. The van der Waals surface area contributed by atoms with Gasteiger partial charge in [0.2, 0.25) is 0 Å². The van der Waals surface area contributed by atoms with E-state index in [0.717, 1.165) is 23.0 Å². The summed E-state index contributed by atoms with van der Waals surface area (Å²) in [4.78, 5) is 0. The van der Waals surface area contributed by atoms with Crippen molar-refractivity contribution in [3.63, 3.8) is 0 Å². The second-order valence-electron chi connectivity index (χ2n) is 3.41. The Kier molecular flexibility index (Phi) is 4.07. The van der Waals surface area contributed by atoms with Crippen molar-refractivity contribution < 1.29 is 12.1 Å². The van der Waals surface area contributed by atoms with Crippen LogP contribution in [0.3, 0.4) is 0 Å². The van der Waals surface area contributed by atoms with Gasteiger partial charge in [-0.2, -0.15) is 0 Å². The van der Waals surface area contributed by atoms with Crippen LogP contribution in [-0.2, 0) is 0 Å². The fourth-order valence-electron chi connectivity index (χ4n) is 1.40. The molecule has 90 valence electrons. The third kappa shape index (κ3) is 2.81. The van der Waals surface area contributed by atoms with Gasteiger partial charge >= 0.3 is 129 Å². The van der Waals surface area contributed by atoms with E-state index in [-0.39, 0.29) is 0 Å². The third-order valence-corrected chi connectivity index (χ3v) is 5.34. The molecular formula is C12H8O4Sb2. The average molecular weight is 460 g/mol. The molecule has 0 aliphatic carbocycles. The van der Waals surface area contributed by atoms with Gasteiger partial charge in [0.05, 0.1) is 0 Å². The maximum absolute atomic E-state index is 5.23. The maximum atomic E-state index is 5.23. The van der Waals surface area contributed by atoms with Crippen LogP contribution in [0.5, 0.6) is 23.0 Å². The molecular weight excluding hydrogens is 452 g/mol. The first-order chi connectivity index (χ1) is 8.93. The number of benzene rings is 2. The Morgan fingerprint density at radius 2 is 0.778 bits per heavy atom. The molecule has 0 amide bonds. The minimum atomic E-state index is -0.796. The van der Waals surface area contributed by atoms with E-state index >= 15 is 0 Å². The van der Waals surface area contributed by atoms with Crippen molar-refractivity contribution in [2.24, 2.45) is 0 Å². The topological polar surface area (TPSA) is 36.9 Å². The zero-order valence-corrected chi connectivity index (χ0v) is 14.3. The number of hydrogen-bond acceptors (Lipinski definition) is 4. The molecule has 6 heteroatoms. The first-order valence-corrected chi connectivity index (χ1v) is 9.37. The summed E-state index contributed by atoms with van der Waals surface area (Å²) >= 11 is -1.59. The van der Waals surface area contributed by atoms with Gasteiger partial charge in [0, 0.05) is 0 Å². The van der Waals surface area contributed by atoms with Gasteiger partial charge in [-0.15, -0.1) is 0 Å². The van der Waals surface area contributed by atoms with E-state index in [0.29, 0.717) is 0 Å². The molecule has 0 saturated carbocycles. The summed E-state index contributed by atoms with van der Waals surface area (Å²) in [6.07, 6.45) is 0. The van der Waals surface area contributed by atoms with E-state index in [1.165, 1.54) is 0 Å². The molecule has 0 N–H and O–H groups in total. The van der Waals surface area contributed by atoms with Crippen molar-refractivity contribution in [2.45, 2.75) is 0 Å². The van der Waals surface area contributed by atoms with Crippen LogP contribution in [0.4, 0.5) is 0 Å². The van der Waals surface area contributed by atoms with Crippen LogP contribution in [-0.4, -0.2) is 44.9 Å². The van der Waals surface area contributed by atoms with Gasteiger partial charge < -0.3 is 0 Å². The van der Waals surface area contributed by atoms with Gasteiger partial charge in [0.1, 0.15) is 0 Å². The first kappa shape index (κ1) is 12.3. The van der Waals surface area contributed by atoms with Crippen LogP contribution < -0.4 is 12.1 Å². The summed E-state index contributed by atoms with van der Waals surface area (Å²) in [5.74, 6) is 3.65. The fraction of sp³-hybridized carbons (Fsp3) is 0. The molecule has 0 atom stereocenters. The van der Waals surface area contributed by atoms with Crippen LogP contribution in [0.15, 0.2) is 48.5 Å². The van der Waals surface area contributed by atoms with Crippen LogP contribution in [0.25, 0.3) is 0 Å². The van der Waals surface area contributed by atoms with Gasteiger partial charge in [-0.25, -0.2) is 0 Å². The predicted octanol–water partition coefficient (Wildman–Crippen LogP) is 1.98. The Labute approximate surface area is 128 Å². The molecule has 2 aromatic rings. The fourth-order valence-corrected chi connectivity index (χ4v) is 4.25. The normalized spacial score (nSPS) is 13.8. The zero-order valence-electron chi connectivity index (χ0n) is 9.15. The summed E-state index contributed by atoms with van der Waals surface area (Å²) in [6.45, 7) is 0. The number of para-hydroxylation sites is 4. The van der Waals surface area contributed by atoms with E-state index < -0.39 is 44.9 Å². The van der Waals surface area contributed by atoms with E-state index in [1.54, 1.807) is 0 Å². The molecule has 0 saturated heterocycles. The van der Waals surface area contributed by atoms with Gasteiger partial charge in [-0.3, -0.25) is 0 Å². The molecule has 2 heterocycles. The average Bonchev–Trinajstić information content (AvgIpc) is 3.08. The van der Waals surface area contributed by atoms with Crippen LogP contribution in [0.1, 0.15) is 0 Å². The van der Waals surface area contributed by atoms with E-state index in [2.05, 4.69) is 0 Å². The Morgan fingerprint density at radius 1 is 0.500 bits per heavy atom. The van der Waals surface area contributed by atoms with E-state index in [4.69, 9.17) is 12.1 Å². The number of fused-ring (bicyclic) bond motifs is 2. The monoisotopic (exact) mass is 458 g/mol. The van der Waals surface area contributed by atoms with Crippen molar-refractivity contribution >= 4 is 44.9 Å². The summed E-state index contributed by atoms with van der Waals surface area (Å²) in [5.41, 5.74) is 0.